The number of benzene rings is 2. The van der Waals surface area contributed by atoms with Crippen LogP contribution in [0.5, 0.6) is 0 Å². The van der Waals surface area contributed by atoms with Gasteiger partial charge >= 0.3 is 0 Å². The van der Waals surface area contributed by atoms with Gasteiger partial charge < -0.3 is 5.32 Å². The second-order valence-corrected chi connectivity index (χ2v) is 6.08. The Kier molecular flexibility index (Phi) is 5.19. The molecule has 0 spiro atoms. The van der Waals surface area contributed by atoms with E-state index in [9.17, 15) is 4.39 Å². The fourth-order valence-corrected chi connectivity index (χ4v) is 2.86. The molecule has 0 aromatic heterocycles. The zero-order valence-electron chi connectivity index (χ0n) is 11.4. The lowest BCUT2D eigenvalue weighted by atomic mass is 9.98. The molecule has 0 bridgehead atoms. The van der Waals surface area contributed by atoms with E-state index in [2.05, 4.69) is 27.3 Å². The molecule has 0 aliphatic rings. The average molecular weight is 357 g/mol. The molecule has 2 aromatic carbocycles. The molecule has 1 atom stereocenters. The molecule has 0 aliphatic carbocycles. The highest BCUT2D eigenvalue weighted by Gasteiger charge is 2.13. The first kappa shape index (κ1) is 15.5. The van der Waals surface area contributed by atoms with Gasteiger partial charge in [0.1, 0.15) is 5.82 Å². The van der Waals surface area contributed by atoms with Crippen molar-refractivity contribution < 1.29 is 4.39 Å². The van der Waals surface area contributed by atoms with Gasteiger partial charge in [-0.05, 0) is 71.2 Å². The summed E-state index contributed by atoms with van der Waals surface area (Å²) in [5, 5.41) is 4.02. The Labute approximate surface area is 132 Å². The molecule has 0 radical (unpaired) electrons. The van der Waals surface area contributed by atoms with Gasteiger partial charge in [-0.2, -0.15) is 0 Å². The molecule has 2 aromatic rings. The molecule has 4 heteroatoms. The van der Waals surface area contributed by atoms with Gasteiger partial charge in [-0.3, -0.25) is 0 Å². The summed E-state index contributed by atoms with van der Waals surface area (Å²) < 4.78 is 13.8. The summed E-state index contributed by atoms with van der Waals surface area (Å²) in [5.74, 6) is -0.253. The minimum absolute atomic E-state index is 0.0899. The third-order valence-electron chi connectivity index (χ3n) is 3.33. The second-order valence-electron chi connectivity index (χ2n) is 4.81. The lowest BCUT2D eigenvalue weighted by Gasteiger charge is -2.18. The van der Waals surface area contributed by atoms with Crippen LogP contribution >= 0.6 is 27.5 Å². The van der Waals surface area contributed by atoms with E-state index in [-0.39, 0.29) is 11.9 Å². The lowest BCUT2D eigenvalue weighted by molar-refractivity contribution is 0.584. The normalized spacial score (nSPS) is 12.4. The average Bonchev–Trinajstić information content (AvgIpc) is 2.41. The van der Waals surface area contributed by atoms with E-state index in [1.807, 2.05) is 26.1 Å². The first-order valence-corrected chi connectivity index (χ1v) is 7.55. The zero-order chi connectivity index (χ0) is 14.7. The molecule has 1 N–H and O–H groups in total. The number of likely N-dealkylation sites (N-methyl/N-ethyl adjacent to an activating group) is 1. The highest BCUT2D eigenvalue weighted by molar-refractivity contribution is 9.10. The van der Waals surface area contributed by atoms with Crippen molar-refractivity contribution in [3.63, 3.8) is 0 Å². The molecule has 0 saturated carbocycles. The standard InChI is InChI=1S/C16H16BrClFN/c1-10-3-4-11(14(18)7-10)9-16(20-2)12-5-6-15(19)13(17)8-12/h3-8,16,20H,9H2,1-2H3. The SMILES string of the molecule is CNC(Cc1ccc(C)cc1Cl)c1ccc(F)c(Br)c1. The molecule has 106 valence electrons. The highest BCUT2D eigenvalue weighted by Crippen LogP contribution is 2.27. The fourth-order valence-electron chi connectivity index (χ4n) is 2.15. The van der Waals surface area contributed by atoms with Crippen molar-refractivity contribution in [1.29, 1.82) is 0 Å². The van der Waals surface area contributed by atoms with Crippen molar-refractivity contribution >= 4 is 27.5 Å². The molecule has 2 rings (SSSR count). The quantitative estimate of drug-likeness (QED) is 0.808. The van der Waals surface area contributed by atoms with Gasteiger partial charge in [0, 0.05) is 11.1 Å². The smallest absolute Gasteiger partial charge is 0.137 e. The van der Waals surface area contributed by atoms with Crippen LogP contribution in [0.2, 0.25) is 5.02 Å². The van der Waals surface area contributed by atoms with E-state index in [4.69, 9.17) is 11.6 Å². The maximum atomic E-state index is 13.3. The Balaban J connectivity index is 2.26. The molecular formula is C16H16BrClFN. The third kappa shape index (κ3) is 3.60. The van der Waals surface area contributed by atoms with Crippen LogP contribution < -0.4 is 5.32 Å². The number of hydrogen-bond acceptors (Lipinski definition) is 1. The number of hydrogen-bond donors (Lipinski definition) is 1. The Morgan fingerprint density at radius 2 is 2.00 bits per heavy atom. The molecule has 0 amide bonds. The fraction of sp³-hybridized carbons (Fsp3) is 0.250. The van der Waals surface area contributed by atoms with Crippen LogP contribution in [0.1, 0.15) is 22.7 Å². The van der Waals surface area contributed by atoms with Gasteiger partial charge in [-0.15, -0.1) is 0 Å². The summed E-state index contributed by atoms with van der Waals surface area (Å²) in [6, 6.07) is 11.2. The Bertz CT molecular complexity index is 615. The van der Waals surface area contributed by atoms with E-state index in [1.165, 1.54) is 6.07 Å². The van der Waals surface area contributed by atoms with Gasteiger partial charge in [0.2, 0.25) is 0 Å². The summed E-state index contributed by atoms with van der Waals surface area (Å²) in [6.07, 6.45) is 0.758. The monoisotopic (exact) mass is 355 g/mol. The van der Waals surface area contributed by atoms with Crippen LogP contribution in [-0.2, 0) is 6.42 Å². The zero-order valence-corrected chi connectivity index (χ0v) is 13.7. The maximum Gasteiger partial charge on any atom is 0.137 e. The summed E-state index contributed by atoms with van der Waals surface area (Å²) in [5.41, 5.74) is 3.25. The first-order chi connectivity index (χ1) is 9.51. The van der Waals surface area contributed by atoms with Gasteiger partial charge in [-0.1, -0.05) is 29.8 Å². The number of rotatable bonds is 4. The highest BCUT2D eigenvalue weighted by atomic mass is 79.9. The largest absolute Gasteiger partial charge is 0.313 e. The van der Waals surface area contributed by atoms with Gasteiger partial charge in [0.25, 0.3) is 0 Å². The summed E-state index contributed by atoms with van der Waals surface area (Å²) in [7, 11) is 1.89. The predicted molar refractivity (Wildman–Crippen MR) is 85.8 cm³/mol. The lowest BCUT2D eigenvalue weighted by Crippen LogP contribution is -2.19. The van der Waals surface area contributed by atoms with Crippen molar-refractivity contribution in [2.75, 3.05) is 7.05 Å². The molecule has 0 saturated heterocycles. The van der Waals surface area contributed by atoms with Crippen molar-refractivity contribution in [2.45, 2.75) is 19.4 Å². The number of halogens is 3. The molecule has 20 heavy (non-hydrogen) atoms. The van der Waals surface area contributed by atoms with E-state index < -0.39 is 0 Å². The van der Waals surface area contributed by atoms with E-state index in [1.54, 1.807) is 12.1 Å². The molecular weight excluding hydrogens is 341 g/mol. The molecule has 0 heterocycles. The van der Waals surface area contributed by atoms with Crippen LogP contribution in [0, 0.1) is 12.7 Å². The first-order valence-electron chi connectivity index (χ1n) is 6.38. The van der Waals surface area contributed by atoms with Crippen molar-refractivity contribution in [2.24, 2.45) is 0 Å². The second kappa shape index (κ2) is 6.70. The van der Waals surface area contributed by atoms with Crippen molar-refractivity contribution in [1.82, 2.24) is 5.32 Å². The van der Waals surface area contributed by atoms with Crippen LogP contribution in [0.3, 0.4) is 0 Å². The summed E-state index contributed by atoms with van der Waals surface area (Å²) >= 11 is 9.50. The van der Waals surface area contributed by atoms with E-state index >= 15 is 0 Å². The van der Waals surface area contributed by atoms with Gasteiger partial charge in [-0.25, -0.2) is 4.39 Å². The summed E-state index contributed by atoms with van der Waals surface area (Å²) in [6.45, 7) is 2.02. The molecule has 0 aliphatic heterocycles. The van der Waals surface area contributed by atoms with Crippen LogP contribution in [0.25, 0.3) is 0 Å². The number of aryl methyl sites for hydroxylation is 1. The Hall–Kier alpha value is -0.900. The Morgan fingerprint density at radius 3 is 2.60 bits per heavy atom. The molecule has 1 nitrogen and oxygen atoms in total. The van der Waals surface area contributed by atoms with Crippen LogP contribution in [0.4, 0.5) is 4.39 Å². The van der Waals surface area contributed by atoms with Crippen molar-refractivity contribution in [3.8, 4) is 0 Å². The number of nitrogens with one attached hydrogen (secondary N) is 1. The minimum Gasteiger partial charge on any atom is -0.313 e. The molecule has 1 unspecified atom stereocenters. The van der Waals surface area contributed by atoms with E-state index in [0.29, 0.717) is 4.47 Å². The van der Waals surface area contributed by atoms with Crippen LogP contribution in [0.15, 0.2) is 40.9 Å². The minimum atomic E-state index is -0.253. The van der Waals surface area contributed by atoms with Crippen molar-refractivity contribution in [3.05, 3.63) is 68.4 Å². The third-order valence-corrected chi connectivity index (χ3v) is 4.29. The maximum absolute atomic E-state index is 13.3. The summed E-state index contributed by atoms with van der Waals surface area (Å²) in [4.78, 5) is 0. The van der Waals surface area contributed by atoms with Gasteiger partial charge in [0.05, 0.1) is 4.47 Å². The predicted octanol–water partition coefficient (Wildman–Crippen LogP) is 5.05. The topological polar surface area (TPSA) is 12.0 Å². The van der Waals surface area contributed by atoms with Gasteiger partial charge in [0.15, 0.2) is 0 Å². The van der Waals surface area contributed by atoms with Crippen LogP contribution in [-0.4, -0.2) is 7.05 Å². The van der Waals surface area contributed by atoms with E-state index in [0.717, 1.165) is 28.1 Å². The molecule has 0 fully saturated rings. The Morgan fingerprint density at radius 1 is 1.25 bits per heavy atom.